The number of carbonyl (C=O) groups is 3. The minimum Gasteiger partial charge on any atom is -0.459 e. The van der Waals surface area contributed by atoms with Gasteiger partial charge in [0.2, 0.25) is 5.91 Å². The van der Waals surface area contributed by atoms with E-state index >= 15 is 0 Å². The molecule has 0 radical (unpaired) electrons. The molecule has 156 valence electrons. The van der Waals surface area contributed by atoms with Gasteiger partial charge in [-0.05, 0) is 48.9 Å². The first-order valence-corrected chi connectivity index (χ1v) is 10.3. The van der Waals surface area contributed by atoms with E-state index in [0.717, 1.165) is 11.3 Å². The molecular weight excluding hydrogens is 449 g/mol. The van der Waals surface area contributed by atoms with E-state index in [1.807, 2.05) is 0 Å². The molecule has 2 aromatic heterocycles. The van der Waals surface area contributed by atoms with Crippen molar-refractivity contribution in [3.8, 4) is 0 Å². The SMILES string of the molecule is Cc1cc(NC(=O)c2ccco2)sc1C(=O)N(C)CC(=O)Nc1ccc(Cl)c(Cl)c1. The van der Waals surface area contributed by atoms with E-state index in [4.69, 9.17) is 27.6 Å². The molecule has 0 aliphatic carbocycles. The number of benzene rings is 1. The molecule has 7 nitrogen and oxygen atoms in total. The molecule has 0 aliphatic rings. The van der Waals surface area contributed by atoms with Crippen molar-refractivity contribution in [3.63, 3.8) is 0 Å². The van der Waals surface area contributed by atoms with Crippen molar-refractivity contribution in [1.29, 1.82) is 0 Å². The molecule has 0 fully saturated rings. The Bertz CT molecular complexity index is 1100. The normalized spacial score (nSPS) is 10.5. The van der Waals surface area contributed by atoms with E-state index in [2.05, 4.69) is 10.6 Å². The Kier molecular flexibility index (Phi) is 6.81. The molecule has 0 spiro atoms. The summed E-state index contributed by atoms with van der Waals surface area (Å²) in [6, 6.07) is 9.57. The fraction of sp³-hybridized carbons (Fsp3) is 0.150. The number of likely N-dealkylation sites (N-methyl/N-ethyl adjacent to an activating group) is 1. The molecule has 1 aromatic carbocycles. The molecule has 0 saturated carbocycles. The van der Waals surface area contributed by atoms with Gasteiger partial charge in [0.1, 0.15) is 0 Å². The van der Waals surface area contributed by atoms with Crippen molar-refractivity contribution in [2.45, 2.75) is 6.92 Å². The molecule has 0 atom stereocenters. The smallest absolute Gasteiger partial charge is 0.291 e. The van der Waals surface area contributed by atoms with Gasteiger partial charge in [0.05, 0.1) is 32.7 Å². The third-order valence-corrected chi connectivity index (χ3v) is 5.90. The molecule has 3 rings (SSSR count). The van der Waals surface area contributed by atoms with Crippen molar-refractivity contribution in [2.24, 2.45) is 0 Å². The average Bonchev–Trinajstić information content (AvgIpc) is 3.34. The number of anilines is 2. The molecule has 0 saturated heterocycles. The first-order chi connectivity index (χ1) is 14.2. The summed E-state index contributed by atoms with van der Waals surface area (Å²) in [5.41, 5.74) is 1.17. The molecule has 0 unspecified atom stereocenters. The van der Waals surface area contributed by atoms with Gasteiger partial charge in [-0.15, -0.1) is 11.3 Å². The lowest BCUT2D eigenvalue weighted by molar-refractivity contribution is -0.116. The zero-order valence-electron chi connectivity index (χ0n) is 16.0. The van der Waals surface area contributed by atoms with Gasteiger partial charge in [-0.2, -0.15) is 0 Å². The molecule has 2 N–H and O–H groups in total. The monoisotopic (exact) mass is 465 g/mol. The predicted molar refractivity (Wildman–Crippen MR) is 118 cm³/mol. The quantitative estimate of drug-likeness (QED) is 0.540. The Balaban J connectivity index is 1.62. The lowest BCUT2D eigenvalue weighted by Gasteiger charge is -2.16. The van der Waals surface area contributed by atoms with Gasteiger partial charge in [0.15, 0.2) is 5.76 Å². The second kappa shape index (κ2) is 9.34. The molecule has 10 heteroatoms. The number of nitrogens with zero attached hydrogens (tertiary/aromatic N) is 1. The van der Waals surface area contributed by atoms with Crippen LogP contribution in [0.15, 0.2) is 47.1 Å². The van der Waals surface area contributed by atoms with Gasteiger partial charge in [0.25, 0.3) is 11.8 Å². The third-order valence-electron chi connectivity index (χ3n) is 4.02. The summed E-state index contributed by atoms with van der Waals surface area (Å²) in [6.07, 6.45) is 1.40. The number of thiophene rings is 1. The first kappa shape index (κ1) is 21.9. The summed E-state index contributed by atoms with van der Waals surface area (Å²) in [5, 5.41) is 6.57. The molecular formula is C20H17Cl2N3O4S. The Hall–Kier alpha value is -2.81. The Morgan fingerprint density at radius 3 is 2.53 bits per heavy atom. The Morgan fingerprint density at radius 2 is 1.87 bits per heavy atom. The van der Waals surface area contributed by atoms with Crippen molar-refractivity contribution in [2.75, 3.05) is 24.2 Å². The second-order valence-corrected chi connectivity index (χ2v) is 8.26. The van der Waals surface area contributed by atoms with E-state index in [1.54, 1.807) is 37.3 Å². The molecule has 0 bridgehead atoms. The zero-order chi connectivity index (χ0) is 21.8. The fourth-order valence-corrected chi connectivity index (χ4v) is 3.93. The van der Waals surface area contributed by atoms with Crippen LogP contribution in [0.4, 0.5) is 10.7 Å². The van der Waals surface area contributed by atoms with Crippen LogP contribution in [0.3, 0.4) is 0 Å². The summed E-state index contributed by atoms with van der Waals surface area (Å²) in [4.78, 5) is 38.9. The Morgan fingerprint density at radius 1 is 1.10 bits per heavy atom. The van der Waals surface area contributed by atoms with Crippen molar-refractivity contribution < 1.29 is 18.8 Å². The van der Waals surface area contributed by atoms with Gasteiger partial charge in [0, 0.05) is 12.7 Å². The summed E-state index contributed by atoms with van der Waals surface area (Å²) in [5.74, 6) is -0.954. The number of furan rings is 1. The minimum atomic E-state index is -0.408. The lowest BCUT2D eigenvalue weighted by atomic mass is 10.2. The number of hydrogen-bond acceptors (Lipinski definition) is 5. The predicted octanol–water partition coefficient (Wildman–Crippen LogP) is 4.92. The number of amides is 3. The van der Waals surface area contributed by atoms with Crippen molar-refractivity contribution in [3.05, 3.63) is 68.9 Å². The first-order valence-electron chi connectivity index (χ1n) is 8.70. The summed E-state index contributed by atoms with van der Waals surface area (Å²) >= 11 is 12.9. The van der Waals surface area contributed by atoms with E-state index in [9.17, 15) is 14.4 Å². The van der Waals surface area contributed by atoms with Gasteiger partial charge in [-0.25, -0.2) is 0 Å². The number of nitrogens with one attached hydrogen (secondary N) is 2. The molecule has 2 heterocycles. The van der Waals surface area contributed by atoms with Crippen LogP contribution in [0.5, 0.6) is 0 Å². The molecule has 3 amide bonds. The summed E-state index contributed by atoms with van der Waals surface area (Å²) in [7, 11) is 1.52. The number of hydrogen-bond donors (Lipinski definition) is 2. The van der Waals surface area contributed by atoms with Crippen LogP contribution in [-0.2, 0) is 4.79 Å². The number of rotatable bonds is 6. The minimum absolute atomic E-state index is 0.162. The van der Waals surface area contributed by atoms with Crippen LogP contribution < -0.4 is 10.6 Å². The van der Waals surface area contributed by atoms with Gasteiger partial charge >= 0.3 is 0 Å². The number of halogens is 2. The fourth-order valence-electron chi connectivity index (χ4n) is 2.57. The van der Waals surface area contributed by atoms with Crippen LogP contribution in [-0.4, -0.2) is 36.2 Å². The highest BCUT2D eigenvalue weighted by Gasteiger charge is 2.21. The average molecular weight is 466 g/mol. The number of carbonyl (C=O) groups excluding carboxylic acids is 3. The van der Waals surface area contributed by atoms with Gasteiger partial charge < -0.3 is 20.0 Å². The highest BCUT2D eigenvalue weighted by atomic mass is 35.5. The van der Waals surface area contributed by atoms with Gasteiger partial charge in [-0.1, -0.05) is 23.2 Å². The largest absolute Gasteiger partial charge is 0.459 e. The summed E-state index contributed by atoms with van der Waals surface area (Å²) < 4.78 is 5.05. The molecule has 30 heavy (non-hydrogen) atoms. The van der Waals surface area contributed by atoms with Crippen LogP contribution in [0.1, 0.15) is 25.8 Å². The topological polar surface area (TPSA) is 91.7 Å². The second-order valence-electron chi connectivity index (χ2n) is 6.39. The van der Waals surface area contributed by atoms with E-state index in [0.29, 0.717) is 31.2 Å². The maximum Gasteiger partial charge on any atom is 0.291 e. The highest BCUT2D eigenvalue weighted by Crippen LogP contribution is 2.28. The van der Waals surface area contributed by atoms with Crippen molar-refractivity contribution in [1.82, 2.24) is 4.90 Å². The maximum absolute atomic E-state index is 12.8. The van der Waals surface area contributed by atoms with Crippen molar-refractivity contribution >= 4 is 62.9 Å². The molecule has 0 aliphatic heterocycles. The third kappa shape index (κ3) is 5.21. The highest BCUT2D eigenvalue weighted by molar-refractivity contribution is 7.18. The Labute approximate surface area is 186 Å². The maximum atomic E-state index is 12.8. The van der Waals surface area contributed by atoms with Crippen LogP contribution in [0.25, 0.3) is 0 Å². The van der Waals surface area contributed by atoms with E-state index in [-0.39, 0.29) is 24.1 Å². The lowest BCUT2D eigenvalue weighted by Crippen LogP contribution is -2.34. The standard InChI is InChI=1S/C20H17Cl2N3O4S/c1-11-8-17(24-19(27)15-4-3-7-29-15)30-18(11)20(28)25(2)10-16(26)23-12-5-6-13(21)14(22)9-12/h3-9H,10H2,1-2H3,(H,23,26)(H,24,27). The zero-order valence-corrected chi connectivity index (χ0v) is 18.3. The summed E-state index contributed by atoms with van der Waals surface area (Å²) in [6.45, 7) is 1.60. The molecule has 3 aromatic rings. The van der Waals surface area contributed by atoms with Crippen LogP contribution >= 0.6 is 34.5 Å². The van der Waals surface area contributed by atoms with Gasteiger partial charge in [-0.3, -0.25) is 14.4 Å². The van der Waals surface area contributed by atoms with Crippen LogP contribution in [0.2, 0.25) is 10.0 Å². The van der Waals surface area contributed by atoms with E-state index in [1.165, 1.54) is 24.3 Å². The van der Waals surface area contributed by atoms with E-state index < -0.39 is 5.91 Å². The van der Waals surface area contributed by atoms with Crippen LogP contribution in [0, 0.1) is 6.92 Å². The number of aryl methyl sites for hydroxylation is 1.